The largest absolute Gasteiger partial charge is 0.337 e. The molecule has 0 saturated heterocycles. The van der Waals surface area contributed by atoms with Crippen LogP contribution in [0.3, 0.4) is 0 Å². The lowest BCUT2D eigenvalue weighted by Gasteiger charge is -2.16. The maximum Gasteiger partial charge on any atom is 0.337 e. The van der Waals surface area contributed by atoms with Gasteiger partial charge in [-0.3, -0.25) is 9.56 Å². The van der Waals surface area contributed by atoms with E-state index in [-0.39, 0.29) is 0 Å². The van der Waals surface area contributed by atoms with E-state index in [0.717, 1.165) is 17.2 Å². The van der Waals surface area contributed by atoms with E-state index >= 15 is 0 Å². The molecular formula is C10H20NO3PS. The van der Waals surface area contributed by atoms with E-state index in [1.807, 2.05) is 13.8 Å². The molecule has 1 rings (SSSR count). The van der Waals surface area contributed by atoms with E-state index in [4.69, 9.17) is 9.05 Å². The fraction of sp³-hybridized carbons (Fsp3) is 0.900. The highest BCUT2D eigenvalue weighted by Gasteiger charge is 2.29. The highest BCUT2D eigenvalue weighted by Crippen LogP contribution is 2.49. The van der Waals surface area contributed by atoms with Crippen molar-refractivity contribution in [2.45, 2.75) is 33.2 Å². The van der Waals surface area contributed by atoms with Gasteiger partial charge in [0.1, 0.15) is 0 Å². The maximum atomic E-state index is 12.2. The van der Waals surface area contributed by atoms with Gasteiger partial charge in [0.05, 0.1) is 30.5 Å². The Morgan fingerprint density at radius 1 is 1.38 bits per heavy atom. The molecule has 16 heavy (non-hydrogen) atoms. The SMILES string of the molecule is CCOP(=O)(CC1=NC(CC)CS1)OCC. The second-order valence-electron chi connectivity index (χ2n) is 3.50. The van der Waals surface area contributed by atoms with E-state index in [9.17, 15) is 4.57 Å². The van der Waals surface area contributed by atoms with Crippen molar-refractivity contribution >= 4 is 24.4 Å². The first kappa shape index (κ1) is 14.2. The molecular weight excluding hydrogens is 245 g/mol. The summed E-state index contributed by atoms with van der Waals surface area (Å²) in [7, 11) is -2.96. The number of aliphatic imine (C=N–C) groups is 1. The van der Waals surface area contributed by atoms with Crippen LogP contribution in [0.25, 0.3) is 0 Å². The number of hydrogen-bond acceptors (Lipinski definition) is 5. The zero-order chi connectivity index (χ0) is 12.0. The molecule has 1 heterocycles. The van der Waals surface area contributed by atoms with Crippen LogP contribution in [0, 0.1) is 0 Å². The Morgan fingerprint density at radius 2 is 2.00 bits per heavy atom. The van der Waals surface area contributed by atoms with Gasteiger partial charge in [-0.2, -0.15) is 0 Å². The summed E-state index contributed by atoms with van der Waals surface area (Å²) in [5.41, 5.74) is 0. The predicted molar refractivity (Wildman–Crippen MR) is 69.7 cm³/mol. The Bertz CT molecular complexity index is 286. The van der Waals surface area contributed by atoms with Crippen LogP contribution in [-0.4, -0.2) is 36.2 Å². The minimum Gasteiger partial charge on any atom is -0.309 e. The molecule has 1 aliphatic heterocycles. The van der Waals surface area contributed by atoms with Crippen LogP contribution < -0.4 is 0 Å². The quantitative estimate of drug-likeness (QED) is 0.663. The van der Waals surface area contributed by atoms with Crippen molar-refractivity contribution in [2.75, 3.05) is 25.1 Å². The van der Waals surface area contributed by atoms with E-state index in [1.165, 1.54) is 0 Å². The lowest BCUT2D eigenvalue weighted by Crippen LogP contribution is -2.06. The van der Waals surface area contributed by atoms with Crippen molar-refractivity contribution in [2.24, 2.45) is 4.99 Å². The van der Waals surface area contributed by atoms with Crippen molar-refractivity contribution in [3.63, 3.8) is 0 Å². The Hall–Kier alpha value is 0.170. The molecule has 1 atom stereocenters. The predicted octanol–water partition coefficient (Wildman–Crippen LogP) is 3.18. The maximum absolute atomic E-state index is 12.2. The second kappa shape index (κ2) is 6.80. The van der Waals surface area contributed by atoms with E-state index in [1.54, 1.807) is 11.8 Å². The number of hydrogen-bond donors (Lipinski definition) is 0. The van der Waals surface area contributed by atoms with Gasteiger partial charge in [0.25, 0.3) is 0 Å². The summed E-state index contributed by atoms with van der Waals surface area (Å²) < 4.78 is 22.7. The van der Waals surface area contributed by atoms with Crippen LogP contribution >= 0.6 is 19.4 Å². The van der Waals surface area contributed by atoms with Gasteiger partial charge in [0.15, 0.2) is 0 Å². The fourth-order valence-corrected chi connectivity index (χ4v) is 4.67. The van der Waals surface area contributed by atoms with Crippen LogP contribution in [0.2, 0.25) is 0 Å². The molecule has 0 N–H and O–H groups in total. The van der Waals surface area contributed by atoms with Gasteiger partial charge >= 0.3 is 7.60 Å². The van der Waals surface area contributed by atoms with Gasteiger partial charge in [0, 0.05) is 5.75 Å². The normalized spacial score (nSPS) is 21.2. The molecule has 1 aliphatic rings. The molecule has 0 aliphatic carbocycles. The second-order valence-corrected chi connectivity index (χ2v) is 6.65. The van der Waals surface area contributed by atoms with Crippen molar-refractivity contribution in [3.05, 3.63) is 0 Å². The standard InChI is InChI=1S/C10H20NO3PS/c1-4-9-8-16-10(11-9)7-15(12,13-5-2)14-6-3/h9H,4-8H2,1-3H3. The number of nitrogens with zero attached hydrogens (tertiary/aromatic N) is 1. The van der Waals surface area contributed by atoms with Gasteiger partial charge < -0.3 is 9.05 Å². The first-order valence-electron chi connectivity index (χ1n) is 5.71. The summed E-state index contributed by atoms with van der Waals surface area (Å²) in [4.78, 5) is 4.50. The molecule has 4 nitrogen and oxygen atoms in total. The number of thioether (sulfide) groups is 1. The summed E-state index contributed by atoms with van der Waals surface area (Å²) >= 11 is 1.67. The van der Waals surface area contributed by atoms with Crippen LogP contribution in [0.5, 0.6) is 0 Å². The molecule has 0 aromatic carbocycles. The van der Waals surface area contributed by atoms with Crippen LogP contribution in [0.15, 0.2) is 4.99 Å². The summed E-state index contributed by atoms with van der Waals surface area (Å²) in [6, 6.07) is 0.372. The molecule has 1 unspecified atom stereocenters. The molecule has 0 radical (unpaired) electrons. The van der Waals surface area contributed by atoms with Crippen molar-refractivity contribution in [1.82, 2.24) is 0 Å². The summed E-state index contributed by atoms with van der Waals surface area (Å²) in [6.07, 6.45) is 1.36. The Labute approximate surface area is 102 Å². The highest BCUT2D eigenvalue weighted by atomic mass is 32.2. The summed E-state index contributed by atoms with van der Waals surface area (Å²) in [5, 5.41) is 0.914. The van der Waals surface area contributed by atoms with Crippen LogP contribution in [0.4, 0.5) is 0 Å². The average molecular weight is 265 g/mol. The third kappa shape index (κ3) is 4.21. The van der Waals surface area contributed by atoms with Gasteiger partial charge in [0.2, 0.25) is 0 Å². The molecule has 0 bridgehead atoms. The Balaban J connectivity index is 2.59. The lowest BCUT2D eigenvalue weighted by atomic mass is 10.3. The van der Waals surface area contributed by atoms with E-state index in [2.05, 4.69) is 11.9 Å². The van der Waals surface area contributed by atoms with Crippen LogP contribution in [0.1, 0.15) is 27.2 Å². The van der Waals surface area contributed by atoms with E-state index in [0.29, 0.717) is 25.4 Å². The van der Waals surface area contributed by atoms with Crippen molar-refractivity contribution in [1.29, 1.82) is 0 Å². The van der Waals surface area contributed by atoms with Crippen molar-refractivity contribution in [3.8, 4) is 0 Å². The first-order valence-corrected chi connectivity index (χ1v) is 8.42. The minimum atomic E-state index is -2.96. The van der Waals surface area contributed by atoms with Crippen LogP contribution in [-0.2, 0) is 13.6 Å². The third-order valence-electron chi connectivity index (χ3n) is 2.22. The molecule has 0 spiro atoms. The van der Waals surface area contributed by atoms with E-state index < -0.39 is 7.60 Å². The Kier molecular flexibility index (Phi) is 6.05. The van der Waals surface area contributed by atoms with Gasteiger partial charge in [-0.05, 0) is 20.3 Å². The Morgan fingerprint density at radius 3 is 2.44 bits per heavy atom. The number of rotatable bonds is 7. The lowest BCUT2D eigenvalue weighted by molar-refractivity contribution is 0.223. The summed E-state index contributed by atoms with van der Waals surface area (Å²) in [6.45, 7) is 6.58. The molecule has 0 aromatic heterocycles. The molecule has 94 valence electrons. The highest BCUT2D eigenvalue weighted by molar-refractivity contribution is 8.14. The topological polar surface area (TPSA) is 47.9 Å². The third-order valence-corrected chi connectivity index (χ3v) is 5.56. The fourth-order valence-electron chi connectivity index (χ4n) is 1.45. The summed E-state index contributed by atoms with van der Waals surface area (Å²) in [5.74, 6) is 0.990. The minimum absolute atomic E-state index is 0.329. The molecule has 6 heteroatoms. The smallest absolute Gasteiger partial charge is 0.309 e. The zero-order valence-corrected chi connectivity index (χ0v) is 11.9. The first-order chi connectivity index (χ1) is 7.63. The molecule has 0 saturated carbocycles. The van der Waals surface area contributed by atoms with Gasteiger partial charge in [-0.15, -0.1) is 11.8 Å². The zero-order valence-electron chi connectivity index (χ0n) is 10.1. The van der Waals surface area contributed by atoms with Crippen molar-refractivity contribution < 1.29 is 13.6 Å². The molecule has 0 amide bonds. The average Bonchev–Trinajstić information content (AvgIpc) is 2.65. The molecule has 0 fully saturated rings. The van der Waals surface area contributed by atoms with Gasteiger partial charge in [-0.25, -0.2) is 0 Å². The van der Waals surface area contributed by atoms with Gasteiger partial charge in [-0.1, -0.05) is 6.92 Å². The monoisotopic (exact) mass is 265 g/mol. The molecule has 0 aromatic rings.